The molecule has 0 bridgehead atoms. The third-order valence-electron chi connectivity index (χ3n) is 3.90. The van der Waals surface area contributed by atoms with Gasteiger partial charge in [-0.25, -0.2) is 0 Å². The van der Waals surface area contributed by atoms with E-state index < -0.39 is 6.04 Å². The first-order valence-electron chi connectivity index (χ1n) is 8.81. The van der Waals surface area contributed by atoms with Crippen LogP contribution in [0, 0.1) is 5.92 Å². The SMILES string of the molecule is CC(C)C[C@H](N)C(=O)Nc1cccc(COCCc2ccccc2)c1. The van der Waals surface area contributed by atoms with Gasteiger partial charge < -0.3 is 15.8 Å². The van der Waals surface area contributed by atoms with Crippen molar-refractivity contribution in [3.63, 3.8) is 0 Å². The van der Waals surface area contributed by atoms with Crippen molar-refractivity contribution in [3.05, 3.63) is 65.7 Å². The molecule has 0 saturated carbocycles. The van der Waals surface area contributed by atoms with E-state index in [1.54, 1.807) is 0 Å². The number of nitrogens with one attached hydrogen (secondary N) is 1. The van der Waals surface area contributed by atoms with Gasteiger partial charge in [-0.15, -0.1) is 0 Å². The Hall–Kier alpha value is -2.17. The van der Waals surface area contributed by atoms with Gasteiger partial charge in [-0.1, -0.05) is 56.3 Å². The number of nitrogens with two attached hydrogens (primary N) is 1. The van der Waals surface area contributed by atoms with E-state index >= 15 is 0 Å². The zero-order valence-electron chi connectivity index (χ0n) is 15.1. The van der Waals surface area contributed by atoms with Crippen LogP contribution < -0.4 is 11.1 Å². The summed E-state index contributed by atoms with van der Waals surface area (Å²) in [6.45, 7) is 5.30. The van der Waals surface area contributed by atoms with Crippen LogP contribution in [0.15, 0.2) is 54.6 Å². The molecule has 0 fully saturated rings. The average Bonchev–Trinajstić information content (AvgIpc) is 2.59. The lowest BCUT2D eigenvalue weighted by atomic mass is 10.0. The smallest absolute Gasteiger partial charge is 0.241 e. The first kappa shape index (κ1) is 19.2. The average molecular weight is 340 g/mol. The maximum absolute atomic E-state index is 12.1. The molecule has 25 heavy (non-hydrogen) atoms. The molecule has 0 radical (unpaired) electrons. The molecule has 0 heterocycles. The third-order valence-corrected chi connectivity index (χ3v) is 3.90. The second-order valence-corrected chi connectivity index (χ2v) is 6.71. The molecule has 1 atom stereocenters. The molecule has 3 N–H and O–H groups in total. The molecular weight excluding hydrogens is 312 g/mol. The maximum atomic E-state index is 12.1. The first-order valence-corrected chi connectivity index (χ1v) is 8.81. The van der Waals surface area contributed by atoms with E-state index in [0.29, 0.717) is 25.6 Å². The fourth-order valence-electron chi connectivity index (χ4n) is 2.61. The van der Waals surface area contributed by atoms with Crippen LogP contribution in [-0.4, -0.2) is 18.6 Å². The number of hydrogen-bond acceptors (Lipinski definition) is 3. The molecule has 0 aliphatic heterocycles. The van der Waals surface area contributed by atoms with Crippen LogP contribution in [0.5, 0.6) is 0 Å². The van der Waals surface area contributed by atoms with Crippen molar-refractivity contribution in [1.29, 1.82) is 0 Å². The highest BCUT2D eigenvalue weighted by atomic mass is 16.5. The van der Waals surface area contributed by atoms with Crippen molar-refractivity contribution in [1.82, 2.24) is 0 Å². The van der Waals surface area contributed by atoms with Crippen molar-refractivity contribution < 1.29 is 9.53 Å². The van der Waals surface area contributed by atoms with Gasteiger partial charge in [0.1, 0.15) is 0 Å². The lowest BCUT2D eigenvalue weighted by molar-refractivity contribution is -0.117. The summed E-state index contributed by atoms with van der Waals surface area (Å²) in [6, 6.07) is 17.5. The Kier molecular flexibility index (Phi) is 7.64. The molecule has 0 aromatic heterocycles. The number of ether oxygens (including phenoxy) is 1. The van der Waals surface area contributed by atoms with E-state index in [0.717, 1.165) is 17.7 Å². The van der Waals surface area contributed by atoms with E-state index in [1.165, 1.54) is 5.56 Å². The Morgan fingerprint density at radius 2 is 1.80 bits per heavy atom. The van der Waals surface area contributed by atoms with Gasteiger partial charge in [0.15, 0.2) is 0 Å². The van der Waals surface area contributed by atoms with Crippen molar-refractivity contribution in [2.75, 3.05) is 11.9 Å². The number of hydrogen-bond donors (Lipinski definition) is 2. The Bertz CT molecular complexity index is 656. The Balaban J connectivity index is 1.79. The highest BCUT2D eigenvalue weighted by molar-refractivity contribution is 5.94. The summed E-state index contributed by atoms with van der Waals surface area (Å²) in [5, 5.41) is 2.88. The minimum atomic E-state index is -0.481. The Labute approximate surface area is 150 Å². The molecule has 2 aromatic carbocycles. The van der Waals surface area contributed by atoms with Crippen LogP contribution >= 0.6 is 0 Å². The van der Waals surface area contributed by atoms with Gasteiger partial charge >= 0.3 is 0 Å². The van der Waals surface area contributed by atoms with Crippen molar-refractivity contribution in [2.45, 2.75) is 39.3 Å². The van der Waals surface area contributed by atoms with Gasteiger partial charge in [0, 0.05) is 5.69 Å². The number of anilines is 1. The zero-order chi connectivity index (χ0) is 18.1. The molecule has 0 unspecified atom stereocenters. The molecule has 0 aliphatic carbocycles. The van der Waals surface area contributed by atoms with E-state index in [4.69, 9.17) is 10.5 Å². The molecule has 0 saturated heterocycles. The third kappa shape index (κ3) is 7.08. The van der Waals surface area contributed by atoms with Crippen LogP contribution in [0.2, 0.25) is 0 Å². The summed E-state index contributed by atoms with van der Waals surface area (Å²) in [7, 11) is 0. The predicted octanol–water partition coefficient (Wildman–Crippen LogP) is 3.76. The standard InChI is InChI=1S/C21H28N2O2/c1-16(2)13-20(22)21(24)23-19-10-6-9-18(14-19)15-25-12-11-17-7-4-3-5-8-17/h3-10,14,16,20H,11-13,15,22H2,1-2H3,(H,23,24)/t20-/m0/s1. The normalized spacial score (nSPS) is 12.2. The molecule has 0 aliphatic rings. The molecule has 1 amide bonds. The van der Waals surface area contributed by atoms with Crippen molar-refractivity contribution in [3.8, 4) is 0 Å². The minimum Gasteiger partial charge on any atom is -0.376 e. The van der Waals surface area contributed by atoms with Gasteiger partial charge in [-0.05, 0) is 42.0 Å². The number of benzene rings is 2. The summed E-state index contributed by atoms with van der Waals surface area (Å²) in [4.78, 5) is 12.1. The zero-order valence-corrected chi connectivity index (χ0v) is 15.1. The van der Waals surface area contributed by atoms with Crippen LogP contribution in [0.25, 0.3) is 0 Å². The number of amides is 1. The molecule has 4 nitrogen and oxygen atoms in total. The largest absolute Gasteiger partial charge is 0.376 e. The van der Waals surface area contributed by atoms with Crippen LogP contribution in [-0.2, 0) is 22.6 Å². The highest BCUT2D eigenvalue weighted by Crippen LogP contribution is 2.13. The van der Waals surface area contributed by atoms with Crippen LogP contribution in [0.1, 0.15) is 31.4 Å². The lowest BCUT2D eigenvalue weighted by Crippen LogP contribution is -2.36. The van der Waals surface area contributed by atoms with Gasteiger partial charge in [-0.2, -0.15) is 0 Å². The number of rotatable bonds is 9. The van der Waals surface area contributed by atoms with Gasteiger partial charge in [0.2, 0.25) is 5.91 Å². The number of carbonyl (C=O) groups excluding carboxylic acids is 1. The van der Waals surface area contributed by atoms with Crippen LogP contribution in [0.3, 0.4) is 0 Å². The summed E-state index contributed by atoms with van der Waals surface area (Å²) in [5.41, 5.74) is 8.98. The van der Waals surface area contributed by atoms with Crippen molar-refractivity contribution >= 4 is 11.6 Å². The molecule has 2 rings (SSSR count). The quantitative estimate of drug-likeness (QED) is 0.683. The van der Waals surface area contributed by atoms with Crippen LogP contribution in [0.4, 0.5) is 5.69 Å². The molecular formula is C21H28N2O2. The van der Waals surface area contributed by atoms with E-state index in [2.05, 4.69) is 31.3 Å². The minimum absolute atomic E-state index is 0.143. The van der Waals surface area contributed by atoms with E-state index in [-0.39, 0.29) is 5.91 Å². The molecule has 134 valence electrons. The highest BCUT2D eigenvalue weighted by Gasteiger charge is 2.15. The number of carbonyl (C=O) groups is 1. The summed E-state index contributed by atoms with van der Waals surface area (Å²) < 4.78 is 5.75. The van der Waals surface area contributed by atoms with Gasteiger partial charge in [0.05, 0.1) is 19.3 Å². The monoisotopic (exact) mass is 340 g/mol. The first-order chi connectivity index (χ1) is 12.0. The second kappa shape index (κ2) is 9.97. The molecule has 2 aromatic rings. The molecule has 4 heteroatoms. The Morgan fingerprint density at radius 3 is 2.52 bits per heavy atom. The van der Waals surface area contributed by atoms with E-state index in [1.807, 2.05) is 42.5 Å². The fraction of sp³-hybridized carbons (Fsp3) is 0.381. The Morgan fingerprint density at radius 1 is 1.08 bits per heavy atom. The summed E-state index contributed by atoms with van der Waals surface area (Å²) in [5.74, 6) is 0.251. The molecule has 0 spiro atoms. The van der Waals surface area contributed by atoms with Crippen molar-refractivity contribution in [2.24, 2.45) is 11.7 Å². The second-order valence-electron chi connectivity index (χ2n) is 6.71. The predicted molar refractivity (Wildman–Crippen MR) is 102 cm³/mol. The van der Waals surface area contributed by atoms with Gasteiger partial charge in [0.25, 0.3) is 0 Å². The summed E-state index contributed by atoms with van der Waals surface area (Å²) >= 11 is 0. The lowest BCUT2D eigenvalue weighted by Gasteiger charge is -2.14. The topological polar surface area (TPSA) is 64.4 Å². The van der Waals surface area contributed by atoms with Gasteiger partial charge in [-0.3, -0.25) is 4.79 Å². The summed E-state index contributed by atoms with van der Waals surface area (Å²) in [6.07, 6.45) is 1.56. The fourth-order valence-corrected chi connectivity index (χ4v) is 2.61. The maximum Gasteiger partial charge on any atom is 0.241 e. The van der Waals surface area contributed by atoms with E-state index in [9.17, 15) is 4.79 Å².